The number of hydrogen-bond donors (Lipinski definition) is 1. The fourth-order valence-corrected chi connectivity index (χ4v) is 4.71. The first-order valence-electron chi connectivity index (χ1n) is 11.2. The molecule has 4 atom stereocenters. The van der Waals surface area contributed by atoms with Crippen molar-refractivity contribution in [3.8, 4) is 0 Å². The van der Waals surface area contributed by atoms with E-state index in [-0.39, 0.29) is 0 Å². The van der Waals surface area contributed by atoms with Crippen molar-refractivity contribution >= 4 is 0 Å². The van der Waals surface area contributed by atoms with Crippen LogP contribution in [0.25, 0.3) is 0 Å². The highest BCUT2D eigenvalue weighted by molar-refractivity contribution is 4.80. The molecule has 0 rings (SSSR count). The van der Waals surface area contributed by atoms with E-state index in [0.29, 0.717) is 12.1 Å². The van der Waals surface area contributed by atoms with Gasteiger partial charge in [-0.2, -0.15) is 0 Å². The Kier molecular flexibility index (Phi) is 13.2. The molecule has 0 aliphatic rings. The summed E-state index contributed by atoms with van der Waals surface area (Å²) in [5, 5.41) is 4.13. The van der Waals surface area contributed by atoms with Crippen LogP contribution in [-0.2, 0) is 0 Å². The van der Waals surface area contributed by atoms with Crippen molar-refractivity contribution in [1.29, 1.82) is 0 Å². The molecular weight excluding hydrogens is 302 g/mol. The van der Waals surface area contributed by atoms with E-state index in [4.69, 9.17) is 0 Å². The van der Waals surface area contributed by atoms with Crippen LogP contribution >= 0.6 is 0 Å². The summed E-state index contributed by atoms with van der Waals surface area (Å²) in [4.78, 5) is 0. The first-order chi connectivity index (χ1) is 11.5. The average Bonchev–Trinajstić information content (AvgIpc) is 2.33. The van der Waals surface area contributed by atoms with Gasteiger partial charge in [-0.25, -0.2) is 0 Å². The summed E-state index contributed by atoms with van der Waals surface area (Å²) in [5.41, 5.74) is 0. The normalized spacial score (nSPS) is 17.5. The van der Waals surface area contributed by atoms with Crippen LogP contribution in [0.2, 0.25) is 0 Å². The monoisotopic (exact) mass is 353 g/mol. The molecule has 0 heterocycles. The lowest BCUT2D eigenvalue weighted by molar-refractivity contribution is 0.253. The lowest BCUT2D eigenvalue weighted by atomic mass is 9.86. The van der Waals surface area contributed by atoms with Crippen molar-refractivity contribution in [1.82, 2.24) is 5.32 Å². The molecule has 0 fully saturated rings. The second-order valence-electron chi connectivity index (χ2n) is 10.8. The fraction of sp³-hybridized carbons (Fsp3) is 1.00. The first kappa shape index (κ1) is 25.0. The zero-order valence-corrected chi connectivity index (χ0v) is 19.4. The summed E-state index contributed by atoms with van der Waals surface area (Å²) >= 11 is 0. The number of nitrogens with one attached hydrogen (secondary N) is 1. The molecule has 0 spiro atoms. The predicted molar refractivity (Wildman–Crippen MR) is 116 cm³/mol. The van der Waals surface area contributed by atoms with Gasteiger partial charge in [0.25, 0.3) is 0 Å². The molecular formula is C24H51N. The molecule has 0 aliphatic heterocycles. The molecule has 25 heavy (non-hydrogen) atoms. The SMILES string of the molecule is CC(C)CC(C)CC(CC(C)C)NC(CC(C)C)CC(C)CC(C)C. The Morgan fingerprint density at radius 1 is 0.400 bits per heavy atom. The number of rotatable bonds is 14. The molecule has 0 radical (unpaired) electrons. The van der Waals surface area contributed by atoms with Gasteiger partial charge in [0.1, 0.15) is 0 Å². The van der Waals surface area contributed by atoms with Crippen LogP contribution in [0.5, 0.6) is 0 Å². The Morgan fingerprint density at radius 2 is 0.680 bits per heavy atom. The van der Waals surface area contributed by atoms with Crippen LogP contribution in [0.15, 0.2) is 0 Å². The van der Waals surface area contributed by atoms with Gasteiger partial charge in [0.15, 0.2) is 0 Å². The lowest BCUT2D eigenvalue weighted by Gasteiger charge is -2.32. The summed E-state index contributed by atoms with van der Waals surface area (Å²) in [5.74, 6) is 4.82. The van der Waals surface area contributed by atoms with Gasteiger partial charge in [-0.1, -0.05) is 69.2 Å². The van der Waals surface area contributed by atoms with Gasteiger partial charge in [0.05, 0.1) is 0 Å². The summed E-state index contributed by atoms with van der Waals surface area (Å²) < 4.78 is 0. The second kappa shape index (κ2) is 13.2. The molecule has 0 saturated carbocycles. The van der Waals surface area contributed by atoms with E-state index in [1.807, 2.05) is 0 Å². The van der Waals surface area contributed by atoms with Crippen LogP contribution in [0.4, 0.5) is 0 Å². The minimum absolute atomic E-state index is 0.684. The zero-order valence-electron chi connectivity index (χ0n) is 19.4. The largest absolute Gasteiger partial charge is 0.311 e. The van der Waals surface area contributed by atoms with Crippen molar-refractivity contribution in [2.24, 2.45) is 35.5 Å². The van der Waals surface area contributed by atoms with Gasteiger partial charge in [-0.15, -0.1) is 0 Å². The third kappa shape index (κ3) is 14.8. The molecule has 0 aromatic rings. The van der Waals surface area contributed by atoms with Crippen LogP contribution < -0.4 is 5.32 Å². The molecule has 1 nitrogen and oxygen atoms in total. The van der Waals surface area contributed by atoms with Gasteiger partial charge >= 0.3 is 0 Å². The second-order valence-corrected chi connectivity index (χ2v) is 10.8. The van der Waals surface area contributed by atoms with E-state index < -0.39 is 0 Å². The Balaban J connectivity index is 4.85. The molecule has 0 aliphatic carbocycles. The first-order valence-corrected chi connectivity index (χ1v) is 11.2. The van der Waals surface area contributed by atoms with Crippen LogP contribution in [-0.4, -0.2) is 12.1 Å². The Hall–Kier alpha value is -0.0400. The zero-order chi connectivity index (χ0) is 19.6. The van der Waals surface area contributed by atoms with Crippen molar-refractivity contribution in [2.75, 3.05) is 0 Å². The molecule has 0 aromatic heterocycles. The Labute approximate surface area is 161 Å². The standard InChI is InChI=1S/C24H51N/c1-17(2)11-21(9)15-23(13-19(5)6)25-24(14-20(7)8)16-22(10)12-18(3)4/h17-25H,11-16H2,1-10H3. The molecule has 4 unspecified atom stereocenters. The number of hydrogen-bond acceptors (Lipinski definition) is 1. The van der Waals surface area contributed by atoms with E-state index in [2.05, 4.69) is 74.6 Å². The minimum Gasteiger partial charge on any atom is -0.311 e. The van der Waals surface area contributed by atoms with E-state index in [1.165, 1.54) is 38.5 Å². The molecule has 1 N–H and O–H groups in total. The van der Waals surface area contributed by atoms with Gasteiger partial charge in [-0.3, -0.25) is 0 Å². The third-order valence-electron chi connectivity index (χ3n) is 5.10. The maximum atomic E-state index is 4.13. The van der Waals surface area contributed by atoms with Crippen molar-refractivity contribution in [2.45, 2.75) is 120 Å². The van der Waals surface area contributed by atoms with Gasteiger partial charge in [0, 0.05) is 12.1 Å². The molecule has 0 bridgehead atoms. The highest BCUT2D eigenvalue weighted by Gasteiger charge is 2.22. The average molecular weight is 354 g/mol. The lowest BCUT2D eigenvalue weighted by Crippen LogP contribution is -2.42. The smallest absolute Gasteiger partial charge is 0.00746 e. The molecule has 0 amide bonds. The van der Waals surface area contributed by atoms with E-state index in [0.717, 1.165) is 35.5 Å². The van der Waals surface area contributed by atoms with Gasteiger partial charge < -0.3 is 5.32 Å². The van der Waals surface area contributed by atoms with Gasteiger partial charge in [0.2, 0.25) is 0 Å². The minimum atomic E-state index is 0.684. The van der Waals surface area contributed by atoms with Crippen molar-refractivity contribution in [3.63, 3.8) is 0 Å². The van der Waals surface area contributed by atoms with E-state index >= 15 is 0 Å². The molecule has 1 heteroatoms. The Bertz CT molecular complexity index is 275. The highest BCUT2D eigenvalue weighted by Crippen LogP contribution is 2.24. The summed E-state index contributed by atoms with van der Waals surface area (Å²) in [6.45, 7) is 23.8. The topological polar surface area (TPSA) is 12.0 Å². The summed E-state index contributed by atoms with van der Waals surface area (Å²) in [6.07, 6.45) is 8.02. The van der Waals surface area contributed by atoms with E-state index in [9.17, 15) is 0 Å². The predicted octanol–water partition coefficient (Wildman–Crippen LogP) is 7.55. The van der Waals surface area contributed by atoms with Crippen LogP contribution in [0, 0.1) is 35.5 Å². The van der Waals surface area contributed by atoms with E-state index in [1.54, 1.807) is 0 Å². The molecule has 0 saturated heterocycles. The van der Waals surface area contributed by atoms with Crippen LogP contribution in [0.3, 0.4) is 0 Å². The molecule has 152 valence electrons. The fourth-order valence-electron chi connectivity index (χ4n) is 4.71. The summed E-state index contributed by atoms with van der Waals surface area (Å²) in [7, 11) is 0. The van der Waals surface area contributed by atoms with Crippen molar-refractivity contribution in [3.05, 3.63) is 0 Å². The molecule has 0 aromatic carbocycles. The van der Waals surface area contributed by atoms with Gasteiger partial charge in [-0.05, 0) is 74.0 Å². The maximum absolute atomic E-state index is 4.13. The maximum Gasteiger partial charge on any atom is 0.00746 e. The van der Waals surface area contributed by atoms with Crippen LogP contribution in [0.1, 0.15) is 108 Å². The third-order valence-corrected chi connectivity index (χ3v) is 5.10. The Morgan fingerprint density at radius 3 is 0.920 bits per heavy atom. The summed E-state index contributed by atoms with van der Waals surface area (Å²) in [6, 6.07) is 1.37. The van der Waals surface area contributed by atoms with Crippen molar-refractivity contribution < 1.29 is 0 Å². The highest BCUT2D eigenvalue weighted by atomic mass is 15.0. The quantitative estimate of drug-likeness (QED) is 0.340.